The third kappa shape index (κ3) is 5.24. The first-order valence-corrected chi connectivity index (χ1v) is 3.25. The predicted octanol–water partition coefficient (Wildman–Crippen LogP) is -0.200. The van der Waals surface area contributed by atoms with E-state index in [1.54, 1.807) is 6.20 Å². The summed E-state index contributed by atoms with van der Waals surface area (Å²) in [7, 11) is 0. The molecule has 1 aromatic rings. The van der Waals surface area contributed by atoms with Crippen LogP contribution in [0.4, 0.5) is 4.79 Å². The Hall–Kier alpha value is -1.56. The summed E-state index contributed by atoms with van der Waals surface area (Å²) in [6.45, 7) is 2.44. The Morgan fingerprint density at radius 2 is 2.33 bits per heavy atom. The molecule has 0 atom stereocenters. The van der Waals surface area contributed by atoms with Gasteiger partial charge in [0.05, 0.1) is 6.54 Å². The molecule has 1 heterocycles. The van der Waals surface area contributed by atoms with Crippen LogP contribution in [-0.2, 0) is 6.54 Å². The van der Waals surface area contributed by atoms with Crippen molar-refractivity contribution in [3.63, 3.8) is 0 Å². The number of hydrogen-bond donors (Lipinski definition) is 4. The number of rotatable bonds is 1. The zero-order chi connectivity index (χ0) is 9.56. The lowest BCUT2D eigenvalue weighted by Crippen LogP contribution is -2.03. The highest BCUT2D eigenvalue weighted by molar-refractivity contribution is 5.61. The average molecular weight is 172 g/mol. The zero-order valence-corrected chi connectivity index (χ0v) is 6.74. The van der Waals surface area contributed by atoms with Gasteiger partial charge in [-0.1, -0.05) is 0 Å². The summed E-state index contributed by atoms with van der Waals surface area (Å²) in [5, 5.41) is 7.19. The lowest BCUT2D eigenvalue weighted by molar-refractivity contribution is 0.205. The fourth-order valence-corrected chi connectivity index (χ4v) is 0.571. The molecule has 0 fully saturated rings. The summed E-state index contributed by atoms with van der Waals surface area (Å²) >= 11 is 0. The number of nitrogens with zero attached hydrogens (tertiary/aromatic N) is 1. The van der Waals surface area contributed by atoms with Crippen molar-refractivity contribution >= 4 is 6.09 Å². The first-order chi connectivity index (χ1) is 5.56. The Labute approximate surface area is 69.6 Å². The van der Waals surface area contributed by atoms with Gasteiger partial charge in [0.2, 0.25) is 0 Å². The molecule has 6 N–H and O–H groups in total. The topological polar surface area (TPSA) is 118 Å². The molecule has 0 aliphatic rings. The molecule has 0 aliphatic carbocycles. The number of carbonyl (C=O) groups is 1. The summed E-state index contributed by atoms with van der Waals surface area (Å²) in [5.41, 5.74) is 10.4. The van der Waals surface area contributed by atoms with E-state index < -0.39 is 6.09 Å². The average Bonchev–Trinajstić information content (AvgIpc) is 2.34. The van der Waals surface area contributed by atoms with E-state index in [9.17, 15) is 0 Å². The highest BCUT2D eigenvalue weighted by Crippen LogP contribution is 1.91. The van der Waals surface area contributed by atoms with E-state index in [-0.39, 0.29) is 0 Å². The van der Waals surface area contributed by atoms with Crippen LogP contribution in [0.3, 0.4) is 0 Å². The van der Waals surface area contributed by atoms with Crippen LogP contribution in [-0.4, -0.2) is 21.2 Å². The van der Waals surface area contributed by atoms with E-state index in [0.29, 0.717) is 6.54 Å². The van der Waals surface area contributed by atoms with Crippen molar-refractivity contribution in [2.24, 2.45) is 11.5 Å². The Morgan fingerprint density at radius 1 is 1.83 bits per heavy atom. The summed E-state index contributed by atoms with van der Waals surface area (Å²) < 4.78 is 0. The van der Waals surface area contributed by atoms with Crippen molar-refractivity contribution < 1.29 is 9.90 Å². The normalized spacial score (nSPS) is 8.50. The second kappa shape index (κ2) is 5.14. The molecule has 6 heteroatoms. The highest BCUT2D eigenvalue weighted by Gasteiger charge is 1.89. The number of aromatic nitrogens is 2. The van der Waals surface area contributed by atoms with Gasteiger partial charge in [-0.25, -0.2) is 9.78 Å². The van der Waals surface area contributed by atoms with Gasteiger partial charge >= 0.3 is 6.09 Å². The molecular weight excluding hydrogens is 160 g/mol. The number of imidazole rings is 1. The fourth-order valence-electron chi connectivity index (χ4n) is 0.571. The minimum atomic E-state index is -1.33. The van der Waals surface area contributed by atoms with Crippen LogP contribution >= 0.6 is 0 Å². The highest BCUT2D eigenvalue weighted by atomic mass is 16.4. The first-order valence-electron chi connectivity index (χ1n) is 3.25. The Kier molecular flexibility index (Phi) is 4.47. The molecule has 68 valence electrons. The minimum Gasteiger partial charge on any atom is -0.465 e. The maximum Gasteiger partial charge on any atom is 0.402 e. The van der Waals surface area contributed by atoms with Gasteiger partial charge in [-0.15, -0.1) is 0 Å². The monoisotopic (exact) mass is 172 g/mol. The van der Waals surface area contributed by atoms with Crippen molar-refractivity contribution in [3.05, 3.63) is 17.7 Å². The molecule has 0 saturated carbocycles. The van der Waals surface area contributed by atoms with Gasteiger partial charge in [-0.3, -0.25) is 0 Å². The van der Waals surface area contributed by atoms with Gasteiger partial charge in [0.1, 0.15) is 5.82 Å². The van der Waals surface area contributed by atoms with Gasteiger partial charge in [-0.05, 0) is 6.92 Å². The maximum absolute atomic E-state index is 8.78. The molecule has 0 radical (unpaired) electrons. The van der Waals surface area contributed by atoms with Crippen LogP contribution in [0.1, 0.15) is 11.5 Å². The lowest BCUT2D eigenvalue weighted by atomic mass is 10.6. The standard InChI is InChI=1S/C5H9N3.CH3NO2/c1-4-3-7-5(2-6)8-4;2-1(3)4/h3H,2,6H2,1H3,(H,7,8);2H2,(H,3,4). The van der Waals surface area contributed by atoms with Crippen LogP contribution in [0, 0.1) is 6.92 Å². The summed E-state index contributed by atoms with van der Waals surface area (Å²) in [6, 6.07) is 0. The number of hydrogen-bond acceptors (Lipinski definition) is 3. The predicted molar refractivity (Wildman–Crippen MR) is 43.4 cm³/mol. The number of amides is 1. The third-order valence-corrected chi connectivity index (χ3v) is 0.949. The summed E-state index contributed by atoms with van der Waals surface area (Å²) in [4.78, 5) is 15.7. The van der Waals surface area contributed by atoms with E-state index in [1.165, 1.54) is 0 Å². The molecular formula is C6H12N4O2. The molecule has 12 heavy (non-hydrogen) atoms. The number of primary amides is 1. The van der Waals surface area contributed by atoms with Gasteiger partial charge in [-0.2, -0.15) is 0 Å². The molecule has 0 bridgehead atoms. The largest absolute Gasteiger partial charge is 0.465 e. The first kappa shape index (κ1) is 10.4. The van der Waals surface area contributed by atoms with Crippen molar-refractivity contribution in [3.8, 4) is 0 Å². The van der Waals surface area contributed by atoms with Crippen LogP contribution in [0.2, 0.25) is 0 Å². The molecule has 0 aliphatic heterocycles. The molecule has 0 spiro atoms. The van der Waals surface area contributed by atoms with Crippen molar-refractivity contribution in [1.29, 1.82) is 0 Å². The number of nitrogens with one attached hydrogen (secondary N) is 1. The third-order valence-electron chi connectivity index (χ3n) is 0.949. The fraction of sp³-hybridized carbons (Fsp3) is 0.333. The van der Waals surface area contributed by atoms with Crippen LogP contribution in [0.25, 0.3) is 0 Å². The van der Waals surface area contributed by atoms with Crippen LogP contribution in [0.5, 0.6) is 0 Å². The Balaban J connectivity index is 0.000000261. The molecule has 0 unspecified atom stereocenters. The van der Waals surface area contributed by atoms with Crippen LogP contribution < -0.4 is 11.5 Å². The second-order valence-electron chi connectivity index (χ2n) is 2.06. The quantitative estimate of drug-likeness (QED) is 0.469. The van der Waals surface area contributed by atoms with Crippen LogP contribution in [0.15, 0.2) is 6.20 Å². The number of nitrogens with two attached hydrogens (primary N) is 2. The number of H-pyrrole nitrogens is 1. The molecule has 0 aromatic carbocycles. The Morgan fingerprint density at radius 3 is 2.50 bits per heavy atom. The minimum absolute atomic E-state index is 0.494. The van der Waals surface area contributed by atoms with E-state index in [4.69, 9.17) is 15.6 Å². The number of aromatic amines is 1. The van der Waals surface area contributed by atoms with Crippen molar-refractivity contribution in [2.45, 2.75) is 13.5 Å². The van der Waals surface area contributed by atoms with Gasteiger partial charge < -0.3 is 21.6 Å². The molecule has 6 nitrogen and oxygen atoms in total. The Bertz CT molecular complexity index is 241. The summed E-state index contributed by atoms with van der Waals surface area (Å²) in [5.74, 6) is 0.850. The van der Waals surface area contributed by atoms with E-state index >= 15 is 0 Å². The molecule has 0 saturated heterocycles. The summed E-state index contributed by atoms with van der Waals surface area (Å²) in [6.07, 6.45) is 0.433. The molecule has 1 amide bonds. The lowest BCUT2D eigenvalue weighted by Gasteiger charge is -1.82. The molecule has 1 rings (SSSR count). The van der Waals surface area contributed by atoms with Crippen molar-refractivity contribution in [2.75, 3.05) is 0 Å². The smallest absolute Gasteiger partial charge is 0.402 e. The number of carboxylic acid groups (broad SMARTS) is 1. The van der Waals surface area contributed by atoms with E-state index in [0.717, 1.165) is 11.5 Å². The number of aryl methyl sites for hydroxylation is 1. The van der Waals surface area contributed by atoms with E-state index in [2.05, 4.69) is 15.7 Å². The van der Waals surface area contributed by atoms with Gasteiger partial charge in [0.25, 0.3) is 0 Å². The second-order valence-corrected chi connectivity index (χ2v) is 2.06. The zero-order valence-electron chi connectivity index (χ0n) is 6.74. The molecule has 1 aromatic heterocycles. The SMILES string of the molecule is Cc1cnc(CN)[nH]1.NC(=O)O. The van der Waals surface area contributed by atoms with E-state index in [1.807, 2.05) is 6.92 Å². The van der Waals surface area contributed by atoms with Gasteiger partial charge in [0.15, 0.2) is 0 Å². The maximum atomic E-state index is 8.78. The van der Waals surface area contributed by atoms with Crippen molar-refractivity contribution in [1.82, 2.24) is 9.97 Å². The van der Waals surface area contributed by atoms with Gasteiger partial charge in [0, 0.05) is 11.9 Å².